The van der Waals surface area contributed by atoms with E-state index < -0.39 is 27.8 Å². The van der Waals surface area contributed by atoms with Crippen molar-refractivity contribution >= 4 is 39.8 Å². The van der Waals surface area contributed by atoms with Crippen molar-refractivity contribution in [3.8, 4) is 0 Å². The number of nitrogens with one attached hydrogen (secondary N) is 2. The number of alkyl halides is 3. The molecule has 0 saturated heterocycles. The van der Waals surface area contributed by atoms with Crippen LogP contribution in [0.1, 0.15) is 33.6 Å². The number of sulfonamides is 1. The number of carbonyl (C=O) groups excluding carboxylic acids is 1. The molecule has 6 nitrogen and oxygen atoms in total. The Morgan fingerprint density at radius 1 is 1.00 bits per heavy atom. The second-order valence-electron chi connectivity index (χ2n) is 7.99. The van der Waals surface area contributed by atoms with Crippen LogP contribution in [0, 0.1) is 6.92 Å². The first-order valence-corrected chi connectivity index (χ1v) is 12.6. The maximum Gasteiger partial charge on any atom is 0.433 e. The summed E-state index contributed by atoms with van der Waals surface area (Å²) in [5.74, 6) is -0.455. The molecular weight excluding hydrogens is 491 g/mol. The van der Waals surface area contributed by atoms with Crippen LogP contribution in [0.3, 0.4) is 0 Å². The summed E-state index contributed by atoms with van der Waals surface area (Å²) in [5, 5.41) is 2.69. The number of carbonyl (C=O) groups is 1. The van der Waals surface area contributed by atoms with Gasteiger partial charge in [-0.3, -0.25) is 9.52 Å². The van der Waals surface area contributed by atoms with Gasteiger partial charge in [0.05, 0.1) is 17.6 Å². The van der Waals surface area contributed by atoms with Crippen LogP contribution in [-0.4, -0.2) is 25.6 Å². The van der Waals surface area contributed by atoms with Crippen molar-refractivity contribution in [1.82, 2.24) is 10.3 Å². The molecule has 0 saturated carbocycles. The first-order chi connectivity index (χ1) is 16.9. The average Bonchev–Trinajstić information content (AvgIpc) is 2.81. The monoisotopic (exact) mass is 515 g/mol. The van der Waals surface area contributed by atoms with Crippen molar-refractivity contribution in [3.05, 3.63) is 100 Å². The van der Waals surface area contributed by atoms with Crippen LogP contribution >= 0.6 is 0 Å². The normalized spacial score (nSPS) is 12.2. The van der Waals surface area contributed by atoms with Crippen molar-refractivity contribution in [1.29, 1.82) is 0 Å². The lowest BCUT2D eigenvalue weighted by Crippen LogP contribution is -2.20. The number of aromatic nitrogens is 1. The van der Waals surface area contributed by atoms with E-state index in [0.717, 1.165) is 23.4 Å². The molecule has 1 aromatic heterocycles. The average molecular weight is 516 g/mol. The van der Waals surface area contributed by atoms with Gasteiger partial charge >= 0.3 is 6.18 Å². The summed E-state index contributed by atoms with van der Waals surface area (Å²) in [6.07, 6.45) is 2.19. The number of hydrogen-bond donors (Lipinski definition) is 2. The van der Waals surface area contributed by atoms with Crippen molar-refractivity contribution in [2.75, 3.05) is 11.0 Å². The van der Waals surface area contributed by atoms with E-state index in [1.165, 1.54) is 24.3 Å². The maximum atomic E-state index is 13.2. The quantitative estimate of drug-likeness (QED) is 0.400. The predicted octanol–water partition coefficient (Wildman–Crippen LogP) is 5.28. The highest BCUT2D eigenvalue weighted by Crippen LogP contribution is 2.29. The van der Waals surface area contributed by atoms with E-state index in [-0.39, 0.29) is 12.2 Å². The number of nitrogens with zero attached hydrogens (tertiary/aromatic N) is 1. The van der Waals surface area contributed by atoms with Gasteiger partial charge in [0, 0.05) is 18.2 Å². The molecule has 2 N–H and O–H groups in total. The SMILES string of the molecule is Cc1cc(CNC(=O)C=Cc2ccc(C(F)(F)F)nc2C=Cc2ccccc2)ccc1NS(C)(=O)=O. The van der Waals surface area contributed by atoms with Crippen LogP contribution in [-0.2, 0) is 27.5 Å². The molecule has 0 aliphatic carbocycles. The minimum absolute atomic E-state index is 0.0716. The smallest absolute Gasteiger partial charge is 0.348 e. The number of rotatable bonds is 8. The van der Waals surface area contributed by atoms with Gasteiger partial charge in [-0.25, -0.2) is 13.4 Å². The van der Waals surface area contributed by atoms with E-state index in [1.54, 1.807) is 43.3 Å². The lowest BCUT2D eigenvalue weighted by molar-refractivity contribution is -0.141. The highest BCUT2D eigenvalue weighted by atomic mass is 32.2. The summed E-state index contributed by atoms with van der Waals surface area (Å²) in [4.78, 5) is 16.1. The summed E-state index contributed by atoms with van der Waals surface area (Å²) in [7, 11) is -3.41. The molecule has 0 aliphatic heterocycles. The fourth-order valence-electron chi connectivity index (χ4n) is 3.22. The summed E-state index contributed by atoms with van der Waals surface area (Å²) in [6, 6.07) is 16.2. The van der Waals surface area contributed by atoms with E-state index in [0.29, 0.717) is 16.8 Å². The molecule has 188 valence electrons. The number of pyridine rings is 1. The molecule has 2 aromatic carbocycles. The summed E-state index contributed by atoms with van der Waals surface area (Å²) >= 11 is 0. The van der Waals surface area contributed by atoms with Crippen LogP contribution < -0.4 is 10.0 Å². The van der Waals surface area contributed by atoms with E-state index in [1.807, 2.05) is 18.2 Å². The fraction of sp³-hybridized carbons (Fsp3) is 0.154. The highest BCUT2D eigenvalue weighted by molar-refractivity contribution is 7.92. The molecule has 0 aliphatic rings. The molecule has 3 aromatic rings. The number of hydrogen-bond acceptors (Lipinski definition) is 4. The van der Waals surface area contributed by atoms with Crippen LogP contribution in [0.5, 0.6) is 0 Å². The zero-order valence-electron chi connectivity index (χ0n) is 19.5. The number of amides is 1. The van der Waals surface area contributed by atoms with Gasteiger partial charge in [0.2, 0.25) is 15.9 Å². The molecule has 0 unspecified atom stereocenters. The van der Waals surface area contributed by atoms with E-state index in [4.69, 9.17) is 0 Å². The lowest BCUT2D eigenvalue weighted by atomic mass is 10.1. The maximum absolute atomic E-state index is 13.2. The third-order valence-electron chi connectivity index (χ3n) is 4.95. The van der Waals surface area contributed by atoms with Gasteiger partial charge in [-0.2, -0.15) is 13.2 Å². The van der Waals surface area contributed by atoms with E-state index >= 15 is 0 Å². The Labute approximate surface area is 207 Å². The topological polar surface area (TPSA) is 88.2 Å². The summed E-state index contributed by atoms with van der Waals surface area (Å²) in [5.41, 5.74) is 2.06. The molecule has 0 atom stereocenters. The summed E-state index contributed by atoms with van der Waals surface area (Å²) < 4.78 is 64.7. The number of halogens is 3. The number of aryl methyl sites for hydroxylation is 1. The minimum Gasteiger partial charge on any atom is -0.348 e. The highest BCUT2D eigenvalue weighted by Gasteiger charge is 2.32. The Bertz CT molecular complexity index is 1400. The molecular formula is C26H24F3N3O3S. The van der Waals surface area contributed by atoms with Crippen LogP contribution in [0.2, 0.25) is 0 Å². The zero-order chi connectivity index (χ0) is 26.3. The molecule has 1 amide bonds. The second-order valence-corrected chi connectivity index (χ2v) is 9.74. The number of anilines is 1. The fourth-order valence-corrected chi connectivity index (χ4v) is 3.85. The molecule has 3 rings (SSSR count). The first-order valence-electron chi connectivity index (χ1n) is 10.8. The third kappa shape index (κ3) is 8.09. The van der Waals surface area contributed by atoms with Crippen LogP contribution in [0.15, 0.2) is 66.7 Å². The van der Waals surface area contributed by atoms with E-state index in [9.17, 15) is 26.4 Å². The Morgan fingerprint density at radius 2 is 1.72 bits per heavy atom. The van der Waals surface area contributed by atoms with Crippen molar-refractivity contribution in [2.24, 2.45) is 0 Å². The predicted molar refractivity (Wildman–Crippen MR) is 135 cm³/mol. The lowest BCUT2D eigenvalue weighted by Gasteiger charge is -2.10. The van der Waals surface area contributed by atoms with Crippen LogP contribution in [0.25, 0.3) is 18.2 Å². The second kappa shape index (κ2) is 11.2. The van der Waals surface area contributed by atoms with Crippen molar-refractivity contribution in [2.45, 2.75) is 19.6 Å². The van der Waals surface area contributed by atoms with E-state index in [2.05, 4.69) is 15.0 Å². The first kappa shape index (κ1) is 26.7. The van der Waals surface area contributed by atoms with Gasteiger partial charge in [0.25, 0.3) is 0 Å². The molecule has 0 radical (unpaired) electrons. The minimum atomic E-state index is -4.60. The Hall–Kier alpha value is -3.92. The molecule has 0 bridgehead atoms. The van der Waals surface area contributed by atoms with Crippen molar-refractivity contribution in [3.63, 3.8) is 0 Å². The van der Waals surface area contributed by atoms with Gasteiger partial charge in [0.15, 0.2) is 0 Å². The summed E-state index contributed by atoms with van der Waals surface area (Å²) in [6.45, 7) is 1.91. The van der Waals surface area contributed by atoms with Gasteiger partial charge in [-0.1, -0.05) is 54.6 Å². The Morgan fingerprint density at radius 3 is 2.36 bits per heavy atom. The molecule has 0 fully saturated rings. The molecule has 1 heterocycles. The number of benzene rings is 2. The van der Waals surface area contributed by atoms with Crippen molar-refractivity contribution < 1.29 is 26.4 Å². The molecule has 36 heavy (non-hydrogen) atoms. The van der Waals surface area contributed by atoms with Gasteiger partial charge in [-0.05, 0) is 47.9 Å². The van der Waals surface area contributed by atoms with Gasteiger partial charge in [0.1, 0.15) is 5.69 Å². The van der Waals surface area contributed by atoms with Crippen LogP contribution in [0.4, 0.5) is 18.9 Å². The zero-order valence-corrected chi connectivity index (χ0v) is 20.3. The Balaban J connectivity index is 1.73. The molecule has 10 heteroatoms. The standard InChI is InChI=1S/C26H24F3N3O3S/c1-18-16-20(9-12-22(18)32-36(2,34)35)17-30-25(33)15-11-21-10-14-24(26(27,28)29)31-23(21)13-8-19-6-4-3-5-7-19/h3-16,32H,17H2,1-2H3,(H,30,33). The Kier molecular flexibility index (Phi) is 8.31. The largest absolute Gasteiger partial charge is 0.433 e. The van der Waals surface area contributed by atoms with Gasteiger partial charge < -0.3 is 5.32 Å². The third-order valence-corrected chi connectivity index (χ3v) is 5.54. The molecule has 0 spiro atoms. The van der Waals surface area contributed by atoms with Gasteiger partial charge in [-0.15, -0.1) is 0 Å².